The van der Waals surface area contributed by atoms with E-state index in [1.165, 1.54) is 10.8 Å². The van der Waals surface area contributed by atoms with Crippen LogP contribution in [0.25, 0.3) is 0 Å². The Balaban J connectivity index is 2.32. The smallest absolute Gasteiger partial charge is 0.330 e. The van der Waals surface area contributed by atoms with Gasteiger partial charge in [0, 0.05) is 11.8 Å². The predicted octanol–water partition coefficient (Wildman–Crippen LogP) is 0.492. The number of halogens is 1. The molecule has 0 bridgehead atoms. The minimum absolute atomic E-state index is 0.402. The highest BCUT2D eigenvalue weighted by Crippen LogP contribution is 2.26. The number of alkyl halides is 1. The molecule has 2 atom stereocenters. The number of H-pyrrole nitrogens is 1. The number of ether oxygens (including phenoxy) is 1. The Kier molecular flexibility index (Phi) is 2.91. The van der Waals surface area contributed by atoms with E-state index in [0.717, 1.165) is 0 Å². The Bertz CT molecular complexity index is 494. The summed E-state index contributed by atoms with van der Waals surface area (Å²) >= 11 is 0. The summed E-state index contributed by atoms with van der Waals surface area (Å²) in [5.74, 6) is 0. The van der Waals surface area contributed by atoms with Gasteiger partial charge in [-0.3, -0.25) is 14.3 Å². The van der Waals surface area contributed by atoms with Gasteiger partial charge in [-0.2, -0.15) is 0 Å². The van der Waals surface area contributed by atoms with Gasteiger partial charge in [0.2, 0.25) is 0 Å². The van der Waals surface area contributed by atoms with E-state index < -0.39 is 30.3 Å². The molecule has 0 radical (unpaired) electrons. The summed E-state index contributed by atoms with van der Waals surface area (Å²) in [5.41, 5.74) is -0.478. The third-order valence-corrected chi connectivity index (χ3v) is 2.71. The Hall–Kier alpha value is -1.43. The van der Waals surface area contributed by atoms with Gasteiger partial charge in [0.25, 0.3) is 5.56 Å². The third kappa shape index (κ3) is 1.92. The molecule has 5 nitrogen and oxygen atoms in total. The maximum absolute atomic E-state index is 12.4. The number of aromatic amines is 1. The lowest BCUT2D eigenvalue weighted by molar-refractivity contribution is -0.0107. The van der Waals surface area contributed by atoms with Gasteiger partial charge >= 0.3 is 5.69 Å². The highest BCUT2D eigenvalue weighted by atomic mass is 19.1. The quantitative estimate of drug-likeness (QED) is 0.801. The van der Waals surface area contributed by atoms with Crippen molar-refractivity contribution in [2.24, 2.45) is 0 Å². The second-order valence-electron chi connectivity index (χ2n) is 3.92. The Morgan fingerprint density at radius 1 is 1.56 bits per heavy atom. The standard InChI is InChI=1S/C10H13FN2O3/c1-6-5-13(10(15)12-9(6)14)8-3-2-7(4-11)16-8/h5,7-8H,2-4H2,1H3,(H,12,14,15)/t7-,8+/m0/s1. The van der Waals surface area contributed by atoms with Crippen molar-refractivity contribution in [1.29, 1.82) is 0 Å². The van der Waals surface area contributed by atoms with Gasteiger partial charge in [0.1, 0.15) is 12.9 Å². The molecular weight excluding hydrogens is 215 g/mol. The highest BCUT2D eigenvalue weighted by Gasteiger charge is 2.27. The molecule has 0 aromatic carbocycles. The molecule has 1 N–H and O–H groups in total. The minimum Gasteiger partial charge on any atom is -0.352 e. The average Bonchev–Trinajstić information content (AvgIpc) is 2.71. The van der Waals surface area contributed by atoms with Gasteiger partial charge in [-0.05, 0) is 19.8 Å². The summed E-state index contributed by atoms with van der Waals surface area (Å²) in [7, 11) is 0. The summed E-state index contributed by atoms with van der Waals surface area (Å²) in [6.45, 7) is 1.06. The zero-order valence-electron chi connectivity index (χ0n) is 8.90. The molecule has 1 aliphatic rings. The van der Waals surface area contributed by atoms with E-state index in [1.807, 2.05) is 0 Å². The first-order valence-corrected chi connectivity index (χ1v) is 5.15. The summed E-state index contributed by atoms with van der Waals surface area (Å²) in [4.78, 5) is 24.9. The summed E-state index contributed by atoms with van der Waals surface area (Å²) in [5, 5.41) is 0. The van der Waals surface area contributed by atoms with Crippen LogP contribution >= 0.6 is 0 Å². The second kappa shape index (κ2) is 4.21. The number of nitrogens with one attached hydrogen (secondary N) is 1. The molecular formula is C10H13FN2O3. The fourth-order valence-electron chi connectivity index (χ4n) is 1.80. The van der Waals surface area contributed by atoms with Gasteiger partial charge in [-0.1, -0.05) is 0 Å². The summed E-state index contributed by atoms with van der Waals surface area (Å²) in [6.07, 6.45) is 1.71. The van der Waals surface area contributed by atoms with Crippen LogP contribution in [-0.4, -0.2) is 22.3 Å². The molecule has 2 rings (SSSR count). The molecule has 1 aromatic heterocycles. The average molecular weight is 228 g/mol. The molecule has 0 saturated carbocycles. The van der Waals surface area contributed by atoms with Gasteiger partial charge in [-0.15, -0.1) is 0 Å². The van der Waals surface area contributed by atoms with Crippen molar-refractivity contribution in [3.05, 3.63) is 32.6 Å². The monoisotopic (exact) mass is 228 g/mol. The first-order chi connectivity index (χ1) is 7.61. The van der Waals surface area contributed by atoms with Crippen LogP contribution in [0.4, 0.5) is 4.39 Å². The lowest BCUT2D eigenvalue weighted by Gasteiger charge is -2.14. The van der Waals surface area contributed by atoms with Crippen molar-refractivity contribution in [2.45, 2.75) is 32.1 Å². The Morgan fingerprint density at radius 2 is 2.31 bits per heavy atom. The molecule has 0 aliphatic carbocycles. The molecule has 2 heterocycles. The van der Waals surface area contributed by atoms with E-state index in [4.69, 9.17) is 4.74 Å². The molecule has 1 saturated heterocycles. The minimum atomic E-state index is -0.548. The molecule has 0 spiro atoms. The number of aromatic nitrogens is 2. The van der Waals surface area contributed by atoms with Gasteiger partial charge in [0.05, 0.1) is 6.10 Å². The van der Waals surface area contributed by atoms with Crippen molar-refractivity contribution >= 4 is 0 Å². The Morgan fingerprint density at radius 3 is 2.94 bits per heavy atom. The van der Waals surface area contributed by atoms with Crippen molar-refractivity contribution < 1.29 is 9.13 Å². The van der Waals surface area contributed by atoms with E-state index >= 15 is 0 Å². The topological polar surface area (TPSA) is 64.1 Å². The van der Waals surface area contributed by atoms with Gasteiger partial charge < -0.3 is 4.74 Å². The molecule has 16 heavy (non-hydrogen) atoms. The van der Waals surface area contributed by atoms with E-state index in [2.05, 4.69) is 4.98 Å². The van der Waals surface area contributed by atoms with Crippen LogP contribution in [0.2, 0.25) is 0 Å². The van der Waals surface area contributed by atoms with Crippen molar-refractivity contribution in [2.75, 3.05) is 6.67 Å². The first kappa shape index (κ1) is 11.1. The van der Waals surface area contributed by atoms with E-state index in [1.54, 1.807) is 6.92 Å². The molecule has 6 heteroatoms. The van der Waals surface area contributed by atoms with E-state index in [0.29, 0.717) is 18.4 Å². The summed E-state index contributed by atoms with van der Waals surface area (Å²) < 4.78 is 19.0. The lowest BCUT2D eigenvalue weighted by Crippen LogP contribution is -2.33. The van der Waals surface area contributed by atoms with Crippen LogP contribution < -0.4 is 11.2 Å². The maximum atomic E-state index is 12.4. The highest BCUT2D eigenvalue weighted by molar-refractivity contribution is 5.01. The lowest BCUT2D eigenvalue weighted by atomic mass is 10.2. The second-order valence-corrected chi connectivity index (χ2v) is 3.92. The number of aryl methyl sites for hydroxylation is 1. The Labute approximate surface area is 90.9 Å². The van der Waals surface area contributed by atoms with E-state index in [-0.39, 0.29) is 0 Å². The molecule has 88 valence electrons. The largest absolute Gasteiger partial charge is 0.352 e. The third-order valence-electron chi connectivity index (χ3n) is 2.71. The molecule has 0 unspecified atom stereocenters. The van der Waals surface area contributed by atoms with E-state index in [9.17, 15) is 14.0 Å². The zero-order chi connectivity index (χ0) is 11.7. The van der Waals surface area contributed by atoms with Crippen LogP contribution in [0.15, 0.2) is 15.8 Å². The van der Waals surface area contributed by atoms with Crippen LogP contribution in [0, 0.1) is 6.92 Å². The van der Waals surface area contributed by atoms with Crippen molar-refractivity contribution in [3.63, 3.8) is 0 Å². The number of nitrogens with zero attached hydrogens (tertiary/aromatic N) is 1. The first-order valence-electron chi connectivity index (χ1n) is 5.15. The summed E-state index contributed by atoms with van der Waals surface area (Å²) in [6, 6.07) is 0. The predicted molar refractivity (Wildman–Crippen MR) is 55.2 cm³/mol. The molecule has 1 aliphatic heterocycles. The van der Waals surface area contributed by atoms with Gasteiger partial charge in [0.15, 0.2) is 0 Å². The number of hydrogen-bond donors (Lipinski definition) is 1. The molecule has 0 amide bonds. The van der Waals surface area contributed by atoms with Gasteiger partial charge in [-0.25, -0.2) is 9.18 Å². The van der Waals surface area contributed by atoms with Crippen LogP contribution in [0.3, 0.4) is 0 Å². The van der Waals surface area contributed by atoms with Crippen molar-refractivity contribution in [1.82, 2.24) is 9.55 Å². The normalized spacial score (nSPS) is 24.9. The molecule has 1 fully saturated rings. The van der Waals surface area contributed by atoms with Crippen LogP contribution in [0.5, 0.6) is 0 Å². The fraction of sp³-hybridized carbons (Fsp3) is 0.600. The SMILES string of the molecule is Cc1cn([C@H]2CC[C@@H](CF)O2)c(=O)[nH]c1=O. The fourth-order valence-corrected chi connectivity index (χ4v) is 1.80. The van der Waals surface area contributed by atoms with Crippen LogP contribution in [-0.2, 0) is 4.74 Å². The van der Waals surface area contributed by atoms with Crippen molar-refractivity contribution in [3.8, 4) is 0 Å². The van der Waals surface area contributed by atoms with Crippen LogP contribution in [0.1, 0.15) is 24.6 Å². The number of hydrogen-bond acceptors (Lipinski definition) is 3. The number of rotatable bonds is 2. The zero-order valence-corrected chi connectivity index (χ0v) is 8.90. The molecule has 1 aromatic rings. The maximum Gasteiger partial charge on any atom is 0.330 e.